The Hall–Kier alpha value is -1.75. The Labute approximate surface area is 105 Å². The molecule has 0 radical (unpaired) electrons. The van der Waals surface area contributed by atoms with Crippen molar-refractivity contribution in [1.29, 1.82) is 0 Å². The number of benzene rings is 1. The first-order valence-corrected chi connectivity index (χ1v) is 5.78. The van der Waals surface area contributed by atoms with Gasteiger partial charge in [-0.15, -0.1) is 0 Å². The molecule has 0 bridgehead atoms. The fourth-order valence-corrected chi connectivity index (χ4v) is 2.02. The van der Waals surface area contributed by atoms with E-state index in [-0.39, 0.29) is 5.82 Å². The van der Waals surface area contributed by atoms with Gasteiger partial charge in [0.2, 0.25) is 0 Å². The van der Waals surface area contributed by atoms with E-state index in [2.05, 4.69) is 30.9 Å². The van der Waals surface area contributed by atoms with Gasteiger partial charge in [0.25, 0.3) is 0 Å². The van der Waals surface area contributed by atoms with E-state index in [1.165, 1.54) is 12.1 Å². The van der Waals surface area contributed by atoms with Crippen LogP contribution in [0, 0.1) is 5.82 Å². The van der Waals surface area contributed by atoms with Crippen LogP contribution in [-0.2, 0) is 0 Å². The molecule has 84 valence electrons. The summed E-state index contributed by atoms with van der Waals surface area (Å²) in [5.74, 6) is 0.402. The van der Waals surface area contributed by atoms with Gasteiger partial charge >= 0.3 is 0 Å². The number of H-pyrrole nitrogens is 1. The Kier molecular flexibility index (Phi) is 2.40. The molecule has 3 nitrogen and oxygen atoms in total. The molecule has 1 aromatic carbocycles. The minimum absolute atomic E-state index is 0.278. The van der Waals surface area contributed by atoms with Crippen molar-refractivity contribution >= 4 is 27.0 Å². The van der Waals surface area contributed by atoms with Crippen LogP contribution in [0.4, 0.5) is 4.39 Å². The second-order valence-electron chi connectivity index (χ2n) is 3.64. The van der Waals surface area contributed by atoms with Crippen molar-refractivity contribution in [3.63, 3.8) is 0 Å². The highest BCUT2D eigenvalue weighted by Crippen LogP contribution is 2.22. The van der Waals surface area contributed by atoms with E-state index >= 15 is 0 Å². The number of rotatable bonds is 1. The first-order chi connectivity index (χ1) is 8.22. The van der Waals surface area contributed by atoms with Crippen LogP contribution in [-0.4, -0.2) is 15.0 Å². The van der Waals surface area contributed by atoms with E-state index in [1.54, 1.807) is 18.5 Å². The van der Waals surface area contributed by atoms with Crippen molar-refractivity contribution < 1.29 is 4.39 Å². The third-order valence-corrected chi connectivity index (χ3v) is 2.86. The Bertz CT molecular complexity index is 693. The summed E-state index contributed by atoms with van der Waals surface area (Å²) in [6.07, 6.45) is 3.41. The van der Waals surface area contributed by atoms with Gasteiger partial charge in [-0.1, -0.05) is 0 Å². The van der Waals surface area contributed by atoms with Gasteiger partial charge < -0.3 is 4.98 Å². The van der Waals surface area contributed by atoms with Gasteiger partial charge in [-0.25, -0.2) is 9.37 Å². The molecule has 2 aromatic heterocycles. The lowest BCUT2D eigenvalue weighted by Gasteiger charge is -1.95. The summed E-state index contributed by atoms with van der Waals surface area (Å²) in [5.41, 5.74) is 2.28. The predicted molar refractivity (Wildman–Crippen MR) is 67.0 cm³/mol. The molecule has 0 saturated heterocycles. The van der Waals surface area contributed by atoms with Crippen molar-refractivity contribution in [3.05, 3.63) is 46.9 Å². The number of nitrogens with zero attached hydrogens (tertiary/aromatic N) is 2. The quantitative estimate of drug-likeness (QED) is 0.745. The summed E-state index contributed by atoms with van der Waals surface area (Å²) in [6.45, 7) is 0. The molecule has 3 rings (SSSR count). The first-order valence-electron chi connectivity index (χ1n) is 4.98. The fourth-order valence-electron chi connectivity index (χ4n) is 1.66. The number of fused-ring (bicyclic) bond motifs is 1. The van der Waals surface area contributed by atoms with Crippen LogP contribution in [0.1, 0.15) is 0 Å². The molecule has 0 aliphatic rings. The molecule has 5 heteroatoms. The summed E-state index contributed by atoms with van der Waals surface area (Å²) in [4.78, 5) is 11.5. The average molecular weight is 292 g/mol. The number of pyridine rings is 1. The molecule has 2 heterocycles. The molecular weight excluding hydrogens is 285 g/mol. The Morgan fingerprint density at radius 1 is 1.18 bits per heavy atom. The monoisotopic (exact) mass is 291 g/mol. The molecule has 0 amide bonds. The zero-order chi connectivity index (χ0) is 11.8. The Morgan fingerprint density at radius 2 is 2.06 bits per heavy atom. The number of hydrogen-bond donors (Lipinski definition) is 1. The molecule has 0 spiro atoms. The zero-order valence-electron chi connectivity index (χ0n) is 8.61. The second kappa shape index (κ2) is 3.92. The van der Waals surface area contributed by atoms with E-state index in [0.29, 0.717) is 11.3 Å². The van der Waals surface area contributed by atoms with Crippen molar-refractivity contribution in [1.82, 2.24) is 15.0 Å². The molecule has 0 aliphatic heterocycles. The summed E-state index contributed by atoms with van der Waals surface area (Å²) >= 11 is 3.35. The topological polar surface area (TPSA) is 41.6 Å². The van der Waals surface area contributed by atoms with Crippen LogP contribution in [0.3, 0.4) is 0 Å². The highest BCUT2D eigenvalue weighted by Gasteiger charge is 2.06. The number of aromatic nitrogens is 3. The molecule has 1 N–H and O–H groups in total. The zero-order valence-corrected chi connectivity index (χ0v) is 10.2. The van der Waals surface area contributed by atoms with Crippen LogP contribution < -0.4 is 0 Å². The molecule has 0 saturated carbocycles. The second-order valence-corrected chi connectivity index (χ2v) is 4.55. The van der Waals surface area contributed by atoms with E-state index in [4.69, 9.17) is 0 Å². The van der Waals surface area contributed by atoms with E-state index < -0.39 is 0 Å². The van der Waals surface area contributed by atoms with Crippen LogP contribution in [0.15, 0.2) is 41.1 Å². The summed E-state index contributed by atoms with van der Waals surface area (Å²) < 4.78 is 13.9. The van der Waals surface area contributed by atoms with Crippen LogP contribution in [0.2, 0.25) is 0 Å². The van der Waals surface area contributed by atoms with Gasteiger partial charge in [-0.05, 0) is 40.2 Å². The maximum Gasteiger partial charge on any atom is 0.140 e. The maximum atomic E-state index is 13.0. The van der Waals surface area contributed by atoms with E-state index in [1.807, 2.05) is 6.07 Å². The summed E-state index contributed by atoms with van der Waals surface area (Å²) in [5, 5.41) is 0. The van der Waals surface area contributed by atoms with Gasteiger partial charge in [-0.2, -0.15) is 0 Å². The first kappa shape index (κ1) is 10.4. The summed E-state index contributed by atoms with van der Waals surface area (Å²) in [7, 11) is 0. The van der Waals surface area contributed by atoms with Gasteiger partial charge in [0.05, 0.1) is 11.0 Å². The smallest absolute Gasteiger partial charge is 0.140 e. The molecule has 0 atom stereocenters. The standard InChI is InChI=1S/C12H7BrFN3/c13-8-3-7(5-15-6-8)12-16-10-2-1-9(14)4-11(10)17-12/h1-6H,(H,16,17). The third kappa shape index (κ3) is 1.93. The largest absolute Gasteiger partial charge is 0.338 e. The van der Waals surface area contributed by atoms with Gasteiger partial charge in [-0.3, -0.25) is 4.98 Å². The van der Waals surface area contributed by atoms with Crippen LogP contribution in [0.25, 0.3) is 22.4 Å². The van der Waals surface area contributed by atoms with Crippen molar-refractivity contribution in [2.45, 2.75) is 0 Å². The van der Waals surface area contributed by atoms with Crippen molar-refractivity contribution in [2.75, 3.05) is 0 Å². The minimum Gasteiger partial charge on any atom is -0.338 e. The summed E-state index contributed by atoms with van der Waals surface area (Å²) in [6, 6.07) is 6.38. The molecule has 0 aliphatic carbocycles. The Balaban J connectivity index is 2.18. The van der Waals surface area contributed by atoms with E-state index in [0.717, 1.165) is 15.6 Å². The van der Waals surface area contributed by atoms with Gasteiger partial charge in [0.15, 0.2) is 0 Å². The lowest BCUT2D eigenvalue weighted by Crippen LogP contribution is -1.82. The predicted octanol–water partition coefficient (Wildman–Crippen LogP) is 3.53. The minimum atomic E-state index is -0.278. The highest BCUT2D eigenvalue weighted by molar-refractivity contribution is 9.10. The van der Waals surface area contributed by atoms with E-state index in [9.17, 15) is 4.39 Å². The van der Waals surface area contributed by atoms with Crippen molar-refractivity contribution in [3.8, 4) is 11.4 Å². The molecule has 17 heavy (non-hydrogen) atoms. The van der Waals surface area contributed by atoms with Crippen LogP contribution >= 0.6 is 15.9 Å². The number of hydrogen-bond acceptors (Lipinski definition) is 2. The fraction of sp³-hybridized carbons (Fsp3) is 0. The van der Waals surface area contributed by atoms with Gasteiger partial charge in [0, 0.05) is 22.4 Å². The SMILES string of the molecule is Fc1ccc2nc(-c3cncc(Br)c3)[nH]c2c1. The number of aromatic amines is 1. The lowest BCUT2D eigenvalue weighted by atomic mass is 10.3. The van der Waals surface area contributed by atoms with Gasteiger partial charge in [0.1, 0.15) is 11.6 Å². The third-order valence-electron chi connectivity index (χ3n) is 2.42. The highest BCUT2D eigenvalue weighted by atomic mass is 79.9. The maximum absolute atomic E-state index is 13.0. The molecule has 3 aromatic rings. The van der Waals surface area contributed by atoms with Crippen LogP contribution in [0.5, 0.6) is 0 Å². The average Bonchev–Trinajstić information content (AvgIpc) is 2.72. The molecule has 0 fully saturated rings. The molecule has 0 unspecified atom stereocenters. The lowest BCUT2D eigenvalue weighted by molar-refractivity contribution is 0.629. The number of nitrogens with one attached hydrogen (secondary N) is 1. The normalized spacial score (nSPS) is 10.9. The van der Waals surface area contributed by atoms with Crippen molar-refractivity contribution in [2.24, 2.45) is 0 Å². The molecular formula is C12H7BrFN3. The Morgan fingerprint density at radius 3 is 2.88 bits per heavy atom. The number of halogens is 2. The number of imidazole rings is 1.